The molecule has 2 nitrogen and oxygen atoms in total. The predicted octanol–water partition coefficient (Wildman–Crippen LogP) is 5.07. The van der Waals surface area contributed by atoms with Crippen LogP contribution in [0.1, 0.15) is 17.2 Å². The summed E-state index contributed by atoms with van der Waals surface area (Å²) in [7, 11) is 1.98. The Hall–Kier alpha value is -1.23. The number of aromatic nitrogens is 1. The first kappa shape index (κ1) is 14.7. The van der Waals surface area contributed by atoms with Gasteiger partial charge in [0.1, 0.15) is 0 Å². The summed E-state index contributed by atoms with van der Waals surface area (Å²) in [6.45, 7) is 0. The maximum Gasteiger partial charge on any atom is 0.0702 e. The van der Waals surface area contributed by atoms with Crippen molar-refractivity contribution >= 4 is 42.8 Å². The maximum atomic E-state index is 4.37. The summed E-state index contributed by atoms with van der Waals surface area (Å²) in [5.74, 6) is 0. The average Bonchev–Trinajstić information content (AvgIpc) is 2.47. The van der Waals surface area contributed by atoms with Crippen LogP contribution >= 0.6 is 31.9 Å². The van der Waals surface area contributed by atoms with Gasteiger partial charge in [-0.25, -0.2) is 0 Å². The van der Waals surface area contributed by atoms with E-state index in [1.807, 2.05) is 25.4 Å². The monoisotopic (exact) mass is 404 g/mol. The molecule has 0 aliphatic rings. The minimum Gasteiger partial charge on any atom is -0.309 e. The molecule has 0 fully saturated rings. The molecular formula is C17H14Br2N2. The Balaban J connectivity index is 2.08. The first-order valence-electron chi connectivity index (χ1n) is 6.65. The van der Waals surface area contributed by atoms with Crippen LogP contribution in [0.2, 0.25) is 0 Å². The van der Waals surface area contributed by atoms with E-state index in [0.29, 0.717) is 0 Å². The van der Waals surface area contributed by atoms with Crippen LogP contribution < -0.4 is 5.32 Å². The van der Waals surface area contributed by atoms with Crippen LogP contribution in [-0.4, -0.2) is 12.0 Å². The van der Waals surface area contributed by atoms with E-state index in [-0.39, 0.29) is 6.04 Å². The summed E-state index contributed by atoms with van der Waals surface area (Å²) >= 11 is 7.11. The molecule has 0 aliphatic carbocycles. The SMILES string of the molecule is CNC(c1cc(Br)cc(Br)c1)c1ccc2ncccc2c1. The van der Waals surface area contributed by atoms with Crippen LogP contribution in [0.25, 0.3) is 10.9 Å². The number of halogens is 2. The zero-order chi connectivity index (χ0) is 14.8. The van der Waals surface area contributed by atoms with Crippen LogP contribution in [-0.2, 0) is 0 Å². The van der Waals surface area contributed by atoms with Gasteiger partial charge in [0.05, 0.1) is 11.6 Å². The molecule has 0 spiro atoms. The molecule has 1 aromatic heterocycles. The van der Waals surface area contributed by atoms with E-state index < -0.39 is 0 Å². The first-order chi connectivity index (χ1) is 10.2. The summed E-state index contributed by atoms with van der Waals surface area (Å²) in [5, 5.41) is 4.55. The van der Waals surface area contributed by atoms with Gasteiger partial charge in [0.15, 0.2) is 0 Å². The largest absolute Gasteiger partial charge is 0.309 e. The Morgan fingerprint density at radius 1 is 0.952 bits per heavy atom. The van der Waals surface area contributed by atoms with Crippen molar-refractivity contribution in [2.75, 3.05) is 7.05 Å². The van der Waals surface area contributed by atoms with E-state index in [9.17, 15) is 0 Å². The van der Waals surface area contributed by atoms with Crippen molar-refractivity contribution in [2.24, 2.45) is 0 Å². The molecule has 3 rings (SSSR count). The minimum atomic E-state index is 0.142. The highest BCUT2D eigenvalue weighted by Gasteiger charge is 2.13. The van der Waals surface area contributed by atoms with Gasteiger partial charge in [0, 0.05) is 20.5 Å². The molecule has 0 bridgehead atoms. The van der Waals surface area contributed by atoms with Crippen molar-refractivity contribution in [1.82, 2.24) is 10.3 Å². The molecule has 3 aromatic rings. The van der Waals surface area contributed by atoms with Crippen LogP contribution in [0.4, 0.5) is 0 Å². The molecule has 0 radical (unpaired) electrons. The van der Waals surface area contributed by atoms with Crippen molar-refractivity contribution in [2.45, 2.75) is 6.04 Å². The number of benzene rings is 2. The van der Waals surface area contributed by atoms with Crippen molar-refractivity contribution in [1.29, 1.82) is 0 Å². The number of fused-ring (bicyclic) bond motifs is 1. The summed E-state index contributed by atoms with van der Waals surface area (Å²) in [5.41, 5.74) is 3.46. The highest BCUT2D eigenvalue weighted by atomic mass is 79.9. The lowest BCUT2D eigenvalue weighted by Crippen LogP contribution is -2.17. The van der Waals surface area contributed by atoms with Crippen molar-refractivity contribution in [3.05, 3.63) is 74.8 Å². The molecule has 1 atom stereocenters. The number of nitrogens with one attached hydrogen (secondary N) is 1. The number of hydrogen-bond acceptors (Lipinski definition) is 2. The molecule has 0 saturated carbocycles. The second-order valence-corrected chi connectivity index (χ2v) is 6.71. The van der Waals surface area contributed by atoms with E-state index in [0.717, 1.165) is 19.8 Å². The van der Waals surface area contributed by atoms with Gasteiger partial charge in [-0.3, -0.25) is 4.98 Å². The van der Waals surface area contributed by atoms with Gasteiger partial charge in [-0.05, 0) is 54.6 Å². The van der Waals surface area contributed by atoms with Gasteiger partial charge in [0.2, 0.25) is 0 Å². The van der Waals surface area contributed by atoms with E-state index >= 15 is 0 Å². The Kier molecular flexibility index (Phi) is 4.38. The lowest BCUT2D eigenvalue weighted by molar-refractivity contribution is 0.692. The molecular weight excluding hydrogens is 392 g/mol. The molecule has 1 N–H and O–H groups in total. The highest BCUT2D eigenvalue weighted by molar-refractivity contribution is 9.11. The third-order valence-corrected chi connectivity index (χ3v) is 4.38. The Labute approximate surface area is 140 Å². The van der Waals surface area contributed by atoms with Crippen molar-refractivity contribution in [3.63, 3.8) is 0 Å². The highest BCUT2D eigenvalue weighted by Crippen LogP contribution is 2.29. The Morgan fingerprint density at radius 3 is 2.43 bits per heavy atom. The van der Waals surface area contributed by atoms with Gasteiger partial charge in [-0.1, -0.05) is 44.0 Å². The van der Waals surface area contributed by atoms with Gasteiger partial charge in [0.25, 0.3) is 0 Å². The lowest BCUT2D eigenvalue weighted by Gasteiger charge is -2.18. The number of pyridine rings is 1. The fourth-order valence-corrected chi connectivity index (χ4v) is 3.87. The first-order valence-corrected chi connectivity index (χ1v) is 8.24. The topological polar surface area (TPSA) is 24.9 Å². The standard InChI is InChI=1S/C17H14Br2N2/c1-20-17(13-8-14(18)10-15(19)9-13)12-4-5-16-11(7-12)3-2-6-21-16/h2-10,17,20H,1H3. The smallest absolute Gasteiger partial charge is 0.0702 e. The van der Waals surface area contributed by atoms with Crippen LogP contribution in [0.15, 0.2) is 63.7 Å². The third-order valence-electron chi connectivity index (χ3n) is 3.47. The van der Waals surface area contributed by atoms with E-state index in [1.165, 1.54) is 11.1 Å². The third kappa shape index (κ3) is 3.18. The lowest BCUT2D eigenvalue weighted by atomic mass is 9.97. The normalized spacial score (nSPS) is 12.5. The molecule has 0 aliphatic heterocycles. The molecule has 0 saturated heterocycles. The number of rotatable bonds is 3. The zero-order valence-electron chi connectivity index (χ0n) is 11.5. The molecule has 106 valence electrons. The second-order valence-electron chi connectivity index (χ2n) is 4.88. The molecule has 0 amide bonds. The number of hydrogen-bond donors (Lipinski definition) is 1. The molecule has 1 unspecified atom stereocenters. The van der Waals surface area contributed by atoms with E-state index in [4.69, 9.17) is 0 Å². The summed E-state index contributed by atoms with van der Waals surface area (Å²) in [4.78, 5) is 4.37. The van der Waals surface area contributed by atoms with E-state index in [2.05, 4.69) is 78.6 Å². The zero-order valence-corrected chi connectivity index (χ0v) is 14.6. The summed E-state index contributed by atoms with van der Waals surface area (Å²) in [6, 6.07) is 16.9. The van der Waals surface area contributed by atoms with Crippen molar-refractivity contribution < 1.29 is 0 Å². The van der Waals surface area contributed by atoms with Crippen LogP contribution in [0.3, 0.4) is 0 Å². The minimum absolute atomic E-state index is 0.142. The maximum absolute atomic E-state index is 4.37. The van der Waals surface area contributed by atoms with Gasteiger partial charge < -0.3 is 5.32 Å². The molecule has 21 heavy (non-hydrogen) atoms. The fraction of sp³-hybridized carbons (Fsp3) is 0.118. The van der Waals surface area contributed by atoms with Gasteiger partial charge >= 0.3 is 0 Å². The summed E-state index contributed by atoms with van der Waals surface area (Å²) in [6.07, 6.45) is 1.82. The second kappa shape index (κ2) is 6.26. The van der Waals surface area contributed by atoms with Crippen LogP contribution in [0, 0.1) is 0 Å². The van der Waals surface area contributed by atoms with Crippen molar-refractivity contribution in [3.8, 4) is 0 Å². The Morgan fingerprint density at radius 2 is 1.71 bits per heavy atom. The molecule has 1 heterocycles. The number of nitrogens with zero attached hydrogens (tertiary/aromatic N) is 1. The summed E-state index contributed by atoms with van der Waals surface area (Å²) < 4.78 is 2.13. The van der Waals surface area contributed by atoms with Gasteiger partial charge in [-0.15, -0.1) is 0 Å². The molecule has 2 aromatic carbocycles. The van der Waals surface area contributed by atoms with Crippen LogP contribution in [0.5, 0.6) is 0 Å². The average molecular weight is 406 g/mol. The molecule has 4 heteroatoms. The quantitative estimate of drug-likeness (QED) is 0.657. The Bertz CT molecular complexity index is 766. The predicted molar refractivity (Wildman–Crippen MR) is 94.5 cm³/mol. The fourth-order valence-electron chi connectivity index (χ4n) is 2.54. The van der Waals surface area contributed by atoms with Gasteiger partial charge in [-0.2, -0.15) is 0 Å². The van der Waals surface area contributed by atoms with E-state index in [1.54, 1.807) is 0 Å².